The van der Waals surface area contributed by atoms with Crippen LogP contribution in [0.1, 0.15) is 10.5 Å². The standard InChI is InChI=1S/C12H14N4O4/c1-16-5-8(4-13-16)20-11-7-18-6-10(11)14-12(17)9-2-3-19-15-9/h2-5,10-11H,6-7H2,1H3,(H,14,17)/t10-,11+/m0/s1. The summed E-state index contributed by atoms with van der Waals surface area (Å²) in [5.74, 6) is 0.331. The van der Waals surface area contributed by atoms with Gasteiger partial charge in [0.2, 0.25) is 0 Å². The second kappa shape index (κ2) is 5.33. The highest BCUT2D eigenvalue weighted by atomic mass is 16.5. The van der Waals surface area contributed by atoms with Gasteiger partial charge in [0, 0.05) is 13.1 Å². The molecular weight excluding hydrogens is 264 g/mol. The lowest BCUT2D eigenvalue weighted by Gasteiger charge is -2.18. The van der Waals surface area contributed by atoms with E-state index >= 15 is 0 Å². The third-order valence-electron chi connectivity index (χ3n) is 2.98. The molecule has 1 N–H and O–H groups in total. The Hall–Kier alpha value is -2.35. The maximum atomic E-state index is 11.9. The van der Waals surface area contributed by atoms with Crippen LogP contribution in [-0.4, -0.2) is 46.2 Å². The molecule has 20 heavy (non-hydrogen) atoms. The van der Waals surface area contributed by atoms with Crippen LogP contribution in [0, 0.1) is 0 Å². The van der Waals surface area contributed by atoms with E-state index in [4.69, 9.17) is 9.47 Å². The van der Waals surface area contributed by atoms with Gasteiger partial charge >= 0.3 is 0 Å². The monoisotopic (exact) mass is 278 g/mol. The van der Waals surface area contributed by atoms with Crippen LogP contribution in [0.25, 0.3) is 0 Å². The first-order valence-corrected chi connectivity index (χ1v) is 6.16. The van der Waals surface area contributed by atoms with E-state index in [0.29, 0.717) is 19.0 Å². The van der Waals surface area contributed by atoms with E-state index in [1.165, 1.54) is 12.3 Å². The van der Waals surface area contributed by atoms with Crippen molar-refractivity contribution in [2.24, 2.45) is 7.05 Å². The average Bonchev–Trinajstić information content (AvgIpc) is 3.13. The first kappa shape index (κ1) is 12.7. The molecule has 1 fully saturated rings. The Kier molecular flexibility index (Phi) is 3.38. The molecule has 1 aliphatic heterocycles. The van der Waals surface area contributed by atoms with Crippen molar-refractivity contribution in [3.05, 3.63) is 30.4 Å². The predicted molar refractivity (Wildman–Crippen MR) is 66.2 cm³/mol. The summed E-state index contributed by atoms with van der Waals surface area (Å²) < 4.78 is 17.4. The first-order chi connectivity index (χ1) is 9.72. The third-order valence-corrected chi connectivity index (χ3v) is 2.98. The summed E-state index contributed by atoms with van der Waals surface area (Å²) in [5, 5.41) is 10.4. The van der Waals surface area contributed by atoms with Crippen molar-refractivity contribution < 1.29 is 18.8 Å². The Labute approximate surface area is 114 Å². The number of rotatable bonds is 4. The van der Waals surface area contributed by atoms with Gasteiger partial charge in [-0.15, -0.1) is 0 Å². The minimum absolute atomic E-state index is 0.233. The number of amides is 1. The lowest BCUT2D eigenvalue weighted by Crippen LogP contribution is -2.45. The lowest BCUT2D eigenvalue weighted by atomic mass is 10.2. The largest absolute Gasteiger partial charge is 0.482 e. The summed E-state index contributed by atoms with van der Waals surface area (Å²) >= 11 is 0. The van der Waals surface area contributed by atoms with Crippen molar-refractivity contribution in [3.8, 4) is 5.75 Å². The summed E-state index contributed by atoms with van der Waals surface area (Å²) in [6, 6.07) is 1.27. The van der Waals surface area contributed by atoms with E-state index < -0.39 is 0 Å². The fourth-order valence-electron chi connectivity index (χ4n) is 1.99. The topological polar surface area (TPSA) is 91.4 Å². The second-order valence-corrected chi connectivity index (χ2v) is 4.51. The lowest BCUT2D eigenvalue weighted by molar-refractivity contribution is 0.0895. The number of hydrogen-bond donors (Lipinski definition) is 1. The fraction of sp³-hybridized carbons (Fsp3) is 0.417. The molecule has 3 rings (SSSR count). The highest BCUT2D eigenvalue weighted by molar-refractivity contribution is 5.92. The van der Waals surface area contributed by atoms with E-state index in [2.05, 4.69) is 20.1 Å². The molecule has 1 aliphatic rings. The maximum absolute atomic E-state index is 11.9. The minimum Gasteiger partial charge on any atom is -0.482 e. The van der Waals surface area contributed by atoms with Gasteiger partial charge in [0.25, 0.3) is 5.91 Å². The molecule has 2 atom stereocenters. The van der Waals surface area contributed by atoms with Crippen LogP contribution < -0.4 is 10.1 Å². The highest BCUT2D eigenvalue weighted by Gasteiger charge is 2.32. The number of hydrogen-bond acceptors (Lipinski definition) is 6. The van der Waals surface area contributed by atoms with Gasteiger partial charge in [-0.05, 0) is 0 Å². The Morgan fingerprint density at radius 3 is 3.15 bits per heavy atom. The Bertz CT molecular complexity index is 580. The molecule has 3 heterocycles. The molecule has 8 heteroatoms. The van der Waals surface area contributed by atoms with E-state index in [1.807, 2.05) is 7.05 Å². The summed E-state index contributed by atoms with van der Waals surface area (Å²) in [4.78, 5) is 11.9. The predicted octanol–water partition coefficient (Wildman–Crippen LogP) is -0.0157. The van der Waals surface area contributed by atoms with Crippen LogP contribution in [0.2, 0.25) is 0 Å². The molecule has 1 amide bonds. The molecular formula is C12H14N4O4. The van der Waals surface area contributed by atoms with Crippen LogP contribution in [-0.2, 0) is 11.8 Å². The number of aromatic nitrogens is 3. The van der Waals surface area contributed by atoms with Gasteiger partial charge in [-0.1, -0.05) is 5.16 Å². The summed E-state index contributed by atoms with van der Waals surface area (Å²) in [6.45, 7) is 0.813. The SMILES string of the molecule is Cn1cc(O[C@@H]2COC[C@@H]2NC(=O)c2ccon2)cn1. The van der Waals surface area contributed by atoms with Crippen molar-refractivity contribution in [3.63, 3.8) is 0 Å². The second-order valence-electron chi connectivity index (χ2n) is 4.51. The van der Waals surface area contributed by atoms with Gasteiger partial charge in [0.05, 0.1) is 31.6 Å². The minimum atomic E-state index is -0.311. The van der Waals surface area contributed by atoms with E-state index in [1.54, 1.807) is 17.1 Å². The van der Waals surface area contributed by atoms with Gasteiger partial charge in [-0.2, -0.15) is 5.10 Å². The molecule has 1 saturated heterocycles. The average molecular weight is 278 g/mol. The molecule has 0 aromatic carbocycles. The molecule has 0 unspecified atom stereocenters. The van der Waals surface area contributed by atoms with Crippen LogP contribution in [0.15, 0.2) is 29.2 Å². The number of ether oxygens (including phenoxy) is 2. The molecule has 0 bridgehead atoms. The van der Waals surface area contributed by atoms with Crippen molar-refractivity contribution >= 4 is 5.91 Å². The molecule has 0 aliphatic carbocycles. The number of nitrogens with one attached hydrogen (secondary N) is 1. The Morgan fingerprint density at radius 2 is 2.45 bits per heavy atom. The zero-order valence-electron chi connectivity index (χ0n) is 10.9. The van der Waals surface area contributed by atoms with Gasteiger partial charge in [-0.3, -0.25) is 9.48 Å². The smallest absolute Gasteiger partial charge is 0.273 e. The quantitative estimate of drug-likeness (QED) is 0.845. The van der Waals surface area contributed by atoms with Gasteiger partial charge < -0.3 is 19.3 Å². The molecule has 0 radical (unpaired) electrons. The van der Waals surface area contributed by atoms with E-state index in [-0.39, 0.29) is 23.7 Å². The highest BCUT2D eigenvalue weighted by Crippen LogP contribution is 2.16. The molecule has 106 valence electrons. The number of aryl methyl sites for hydroxylation is 1. The zero-order valence-corrected chi connectivity index (χ0v) is 10.9. The van der Waals surface area contributed by atoms with Crippen LogP contribution >= 0.6 is 0 Å². The molecule has 2 aromatic rings. The summed E-state index contributed by atoms with van der Waals surface area (Å²) in [6.07, 6.45) is 4.47. The number of carbonyl (C=O) groups excluding carboxylic acids is 1. The van der Waals surface area contributed by atoms with Crippen LogP contribution in [0.5, 0.6) is 5.75 Å². The Balaban J connectivity index is 1.62. The maximum Gasteiger partial charge on any atom is 0.273 e. The Morgan fingerprint density at radius 1 is 1.55 bits per heavy atom. The van der Waals surface area contributed by atoms with Crippen molar-refractivity contribution in [2.75, 3.05) is 13.2 Å². The van der Waals surface area contributed by atoms with Crippen molar-refractivity contribution in [1.82, 2.24) is 20.3 Å². The number of nitrogens with zero attached hydrogens (tertiary/aromatic N) is 3. The van der Waals surface area contributed by atoms with E-state index in [9.17, 15) is 4.79 Å². The molecule has 2 aromatic heterocycles. The van der Waals surface area contributed by atoms with Crippen LogP contribution in [0.3, 0.4) is 0 Å². The fourth-order valence-corrected chi connectivity index (χ4v) is 1.99. The molecule has 0 saturated carbocycles. The summed E-state index contributed by atoms with van der Waals surface area (Å²) in [5.41, 5.74) is 0.233. The summed E-state index contributed by atoms with van der Waals surface area (Å²) in [7, 11) is 1.81. The first-order valence-electron chi connectivity index (χ1n) is 6.16. The third kappa shape index (κ3) is 2.64. The normalized spacial score (nSPS) is 21.9. The van der Waals surface area contributed by atoms with Gasteiger partial charge in [0.15, 0.2) is 11.4 Å². The molecule has 0 spiro atoms. The number of carbonyl (C=O) groups is 1. The van der Waals surface area contributed by atoms with Crippen LogP contribution in [0.4, 0.5) is 0 Å². The van der Waals surface area contributed by atoms with Gasteiger partial charge in [0.1, 0.15) is 12.4 Å². The molecule has 8 nitrogen and oxygen atoms in total. The van der Waals surface area contributed by atoms with E-state index in [0.717, 1.165) is 0 Å². The zero-order chi connectivity index (χ0) is 13.9. The van der Waals surface area contributed by atoms with Gasteiger partial charge in [-0.25, -0.2) is 0 Å². The van der Waals surface area contributed by atoms with Crippen molar-refractivity contribution in [1.29, 1.82) is 0 Å². The van der Waals surface area contributed by atoms with Crippen molar-refractivity contribution in [2.45, 2.75) is 12.1 Å².